The highest BCUT2D eigenvalue weighted by Crippen LogP contribution is 2.40. The maximum Gasteiger partial charge on any atom is 0.0517 e. The highest BCUT2D eigenvalue weighted by atomic mass is 35.5. The van der Waals surface area contributed by atoms with Gasteiger partial charge in [0.2, 0.25) is 0 Å². The van der Waals surface area contributed by atoms with Crippen LogP contribution in [-0.4, -0.2) is 11.5 Å². The van der Waals surface area contributed by atoms with Gasteiger partial charge in [-0.2, -0.15) is 0 Å². The summed E-state index contributed by atoms with van der Waals surface area (Å²) in [7, 11) is 0. The molecule has 1 aromatic heterocycles. The fourth-order valence-electron chi connectivity index (χ4n) is 3.91. The van der Waals surface area contributed by atoms with Crippen molar-refractivity contribution in [3.05, 3.63) is 69.7 Å². The molecule has 0 aliphatic rings. The third kappa shape index (κ3) is 3.34. The number of fused-ring (bicyclic) bond motifs is 2. The van der Waals surface area contributed by atoms with Gasteiger partial charge in [0.25, 0.3) is 0 Å². The zero-order chi connectivity index (χ0) is 19.0. The van der Waals surface area contributed by atoms with E-state index in [-0.39, 0.29) is 0 Å². The molecule has 1 heterocycles. The Morgan fingerprint density at radius 3 is 2.52 bits per heavy atom. The predicted molar refractivity (Wildman–Crippen MR) is 118 cm³/mol. The first kappa shape index (κ1) is 18.4. The van der Waals surface area contributed by atoms with Crippen molar-refractivity contribution in [1.29, 1.82) is 0 Å². The van der Waals surface area contributed by atoms with E-state index in [2.05, 4.69) is 48.3 Å². The highest BCUT2D eigenvalue weighted by molar-refractivity contribution is 6.39. The van der Waals surface area contributed by atoms with Crippen molar-refractivity contribution in [1.82, 2.24) is 4.98 Å². The third-order valence-electron chi connectivity index (χ3n) is 5.21. The molecule has 0 bridgehead atoms. The zero-order valence-corrected chi connectivity index (χ0v) is 16.8. The van der Waals surface area contributed by atoms with Crippen LogP contribution in [0.5, 0.6) is 0 Å². The van der Waals surface area contributed by atoms with Gasteiger partial charge in [-0.3, -0.25) is 0 Å². The van der Waals surface area contributed by atoms with Crippen LogP contribution in [-0.2, 0) is 6.42 Å². The summed E-state index contributed by atoms with van der Waals surface area (Å²) in [4.78, 5) is 3.60. The maximum absolute atomic E-state index is 6.60. The van der Waals surface area contributed by atoms with Gasteiger partial charge in [0.05, 0.1) is 10.7 Å². The summed E-state index contributed by atoms with van der Waals surface area (Å²) in [5.41, 5.74) is 11.5. The van der Waals surface area contributed by atoms with Crippen molar-refractivity contribution < 1.29 is 0 Å². The average molecular weight is 397 g/mol. The molecule has 4 rings (SSSR count). The van der Waals surface area contributed by atoms with Gasteiger partial charge in [-0.1, -0.05) is 59.6 Å². The topological polar surface area (TPSA) is 41.8 Å². The van der Waals surface area contributed by atoms with E-state index in [4.69, 9.17) is 28.9 Å². The number of aromatic nitrogens is 1. The quantitative estimate of drug-likeness (QED) is 0.354. The van der Waals surface area contributed by atoms with E-state index in [1.807, 2.05) is 12.1 Å². The van der Waals surface area contributed by atoms with Crippen LogP contribution < -0.4 is 5.73 Å². The molecule has 4 aromatic rings. The van der Waals surface area contributed by atoms with E-state index in [0.29, 0.717) is 16.6 Å². The molecule has 0 radical (unpaired) electrons. The number of benzene rings is 3. The fourth-order valence-corrected chi connectivity index (χ4v) is 4.52. The average Bonchev–Trinajstić information content (AvgIpc) is 3.01. The number of hydrogen-bond donors (Lipinski definition) is 2. The molecule has 4 heteroatoms. The fraction of sp³-hybridized carbons (Fsp3) is 0.217. The normalized spacial score (nSPS) is 11.6. The predicted octanol–water partition coefficient (Wildman–Crippen LogP) is 6.88. The van der Waals surface area contributed by atoms with Crippen LogP contribution in [0, 0.1) is 6.92 Å². The van der Waals surface area contributed by atoms with E-state index in [1.165, 1.54) is 27.5 Å². The van der Waals surface area contributed by atoms with Crippen molar-refractivity contribution >= 4 is 44.9 Å². The summed E-state index contributed by atoms with van der Waals surface area (Å²) >= 11 is 12.8. The van der Waals surface area contributed by atoms with Crippen molar-refractivity contribution in [3.63, 3.8) is 0 Å². The molecule has 0 saturated heterocycles. The Balaban J connectivity index is 2.00. The lowest BCUT2D eigenvalue weighted by molar-refractivity contribution is 0.748. The summed E-state index contributed by atoms with van der Waals surface area (Å²) in [5, 5.41) is 4.91. The van der Waals surface area contributed by atoms with E-state index < -0.39 is 0 Å². The molecule has 27 heavy (non-hydrogen) atoms. The Labute approximate surface area is 169 Å². The second-order valence-corrected chi connectivity index (χ2v) is 7.85. The zero-order valence-electron chi connectivity index (χ0n) is 15.3. The Kier molecular flexibility index (Phi) is 5.14. The molecule has 0 fully saturated rings. The SMILES string of the molecule is Cc1ccc(-c2[nH]c3cc(Cl)cc(Cl)c3c2CCCCN)c2ccccc12. The molecule has 0 aliphatic carbocycles. The molecule has 0 spiro atoms. The van der Waals surface area contributed by atoms with Gasteiger partial charge in [0, 0.05) is 21.5 Å². The van der Waals surface area contributed by atoms with E-state index in [9.17, 15) is 0 Å². The highest BCUT2D eigenvalue weighted by Gasteiger charge is 2.18. The van der Waals surface area contributed by atoms with Crippen molar-refractivity contribution in [2.45, 2.75) is 26.2 Å². The maximum atomic E-state index is 6.60. The summed E-state index contributed by atoms with van der Waals surface area (Å²) in [6.45, 7) is 2.85. The summed E-state index contributed by atoms with van der Waals surface area (Å²) in [6, 6.07) is 16.7. The number of hydrogen-bond acceptors (Lipinski definition) is 1. The third-order valence-corrected chi connectivity index (χ3v) is 5.73. The Morgan fingerprint density at radius 2 is 1.74 bits per heavy atom. The Bertz CT molecular complexity index is 1130. The number of aromatic amines is 1. The first-order valence-electron chi connectivity index (χ1n) is 9.28. The van der Waals surface area contributed by atoms with Gasteiger partial charge >= 0.3 is 0 Å². The summed E-state index contributed by atoms with van der Waals surface area (Å²) in [5.74, 6) is 0. The molecule has 3 N–H and O–H groups in total. The van der Waals surface area contributed by atoms with Crippen LogP contribution in [0.25, 0.3) is 32.9 Å². The number of rotatable bonds is 5. The molecule has 0 aliphatic heterocycles. The minimum absolute atomic E-state index is 0.641. The number of nitrogens with one attached hydrogen (secondary N) is 1. The number of H-pyrrole nitrogens is 1. The largest absolute Gasteiger partial charge is 0.354 e. The molecule has 0 saturated carbocycles. The van der Waals surface area contributed by atoms with Crippen molar-refractivity contribution in [2.75, 3.05) is 6.54 Å². The molecule has 0 amide bonds. The van der Waals surface area contributed by atoms with Crippen LogP contribution in [0.1, 0.15) is 24.0 Å². The minimum atomic E-state index is 0.641. The van der Waals surface area contributed by atoms with Gasteiger partial charge in [-0.25, -0.2) is 0 Å². The number of nitrogens with two attached hydrogens (primary N) is 1. The lowest BCUT2D eigenvalue weighted by Gasteiger charge is -2.11. The minimum Gasteiger partial charge on any atom is -0.354 e. The first-order valence-corrected chi connectivity index (χ1v) is 10.0. The van der Waals surface area contributed by atoms with E-state index >= 15 is 0 Å². The molecule has 138 valence electrons. The molecule has 3 aromatic carbocycles. The summed E-state index contributed by atoms with van der Waals surface area (Å²) in [6.07, 6.45) is 2.95. The van der Waals surface area contributed by atoms with Gasteiger partial charge in [0.15, 0.2) is 0 Å². The monoisotopic (exact) mass is 396 g/mol. The lowest BCUT2D eigenvalue weighted by atomic mass is 9.94. The molecule has 0 atom stereocenters. The Hall–Kier alpha value is -2.00. The summed E-state index contributed by atoms with van der Waals surface area (Å²) < 4.78 is 0. The second-order valence-electron chi connectivity index (χ2n) is 7.01. The van der Waals surface area contributed by atoms with Gasteiger partial charge in [-0.05, 0) is 66.8 Å². The first-order chi connectivity index (χ1) is 13.1. The standard InChI is InChI=1S/C23H22Cl2N2/c1-14-9-10-18(17-7-3-2-6-16(14)17)23-19(8-4-5-11-26)22-20(25)12-15(24)13-21(22)27-23/h2-3,6-7,9-10,12-13,27H,4-5,8,11,26H2,1H3. The second kappa shape index (κ2) is 7.55. The van der Waals surface area contributed by atoms with E-state index in [0.717, 1.165) is 35.9 Å². The van der Waals surface area contributed by atoms with Crippen molar-refractivity contribution in [3.8, 4) is 11.3 Å². The van der Waals surface area contributed by atoms with Gasteiger partial charge in [-0.15, -0.1) is 0 Å². The van der Waals surface area contributed by atoms with Crippen LogP contribution in [0.3, 0.4) is 0 Å². The van der Waals surface area contributed by atoms with E-state index in [1.54, 1.807) is 0 Å². The van der Waals surface area contributed by atoms with Crippen LogP contribution >= 0.6 is 23.2 Å². The molecular formula is C23H22Cl2N2. The molecular weight excluding hydrogens is 375 g/mol. The van der Waals surface area contributed by atoms with Gasteiger partial charge in [0.1, 0.15) is 0 Å². The molecule has 2 nitrogen and oxygen atoms in total. The Morgan fingerprint density at radius 1 is 0.963 bits per heavy atom. The molecule has 0 unspecified atom stereocenters. The lowest BCUT2D eigenvalue weighted by Crippen LogP contribution is -1.99. The number of halogens is 2. The number of unbranched alkanes of at least 4 members (excludes halogenated alkanes) is 1. The van der Waals surface area contributed by atoms with Gasteiger partial charge < -0.3 is 10.7 Å². The number of aryl methyl sites for hydroxylation is 2. The van der Waals surface area contributed by atoms with Crippen LogP contribution in [0.15, 0.2) is 48.5 Å². The van der Waals surface area contributed by atoms with Crippen molar-refractivity contribution in [2.24, 2.45) is 5.73 Å². The van der Waals surface area contributed by atoms with Crippen LogP contribution in [0.4, 0.5) is 0 Å². The smallest absolute Gasteiger partial charge is 0.0517 e. The van der Waals surface area contributed by atoms with Crippen LogP contribution in [0.2, 0.25) is 10.0 Å².